The molecule has 0 aliphatic rings. The Morgan fingerprint density at radius 3 is 2.52 bits per heavy atom. The minimum Gasteiger partial charge on any atom is -0.378 e. The molecular formula is C19H22FN3. The zero-order valence-electron chi connectivity index (χ0n) is 13.9. The summed E-state index contributed by atoms with van der Waals surface area (Å²) in [4.78, 5) is 6.79. The van der Waals surface area contributed by atoms with Crippen molar-refractivity contribution in [1.29, 1.82) is 0 Å². The van der Waals surface area contributed by atoms with Gasteiger partial charge in [0.2, 0.25) is 0 Å². The number of aryl methyl sites for hydroxylation is 2. The Kier molecular flexibility index (Phi) is 4.33. The lowest BCUT2D eigenvalue weighted by Gasteiger charge is -2.12. The van der Waals surface area contributed by atoms with Gasteiger partial charge >= 0.3 is 0 Å². The fraction of sp³-hybridized carbons (Fsp3) is 0.316. The number of imidazole rings is 1. The van der Waals surface area contributed by atoms with Crippen LogP contribution >= 0.6 is 0 Å². The lowest BCUT2D eigenvalue weighted by molar-refractivity contribution is 0.472. The van der Waals surface area contributed by atoms with Crippen LogP contribution in [-0.2, 0) is 6.42 Å². The van der Waals surface area contributed by atoms with Crippen molar-refractivity contribution in [1.82, 2.24) is 9.38 Å². The van der Waals surface area contributed by atoms with E-state index in [2.05, 4.69) is 48.4 Å². The second-order valence-corrected chi connectivity index (χ2v) is 6.11. The molecule has 2 aromatic heterocycles. The van der Waals surface area contributed by atoms with Crippen LogP contribution in [-0.4, -0.2) is 30.2 Å². The molecule has 0 fully saturated rings. The maximum absolute atomic E-state index is 12.4. The van der Waals surface area contributed by atoms with Crippen LogP contribution in [0.4, 0.5) is 10.1 Å². The Bertz CT molecular complexity index is 803. The molecule has 0 N–H and O–H groups in total. The highest BCUT2D eigenvalue weighted by Crippen LogP contribution is 2.23. The van der Waals surface area contributed by atoms with E-state index < -0.39 is 0 Å². The zero-order chi connectivity index (χ0) is 16.4. The molecular weight excluding hydrogens is 288 g/mol. The van der Waals surface area contributed by atoms with E-state index in [4.69, 9.17) is 4.98 Å². The Morgan fingerprint density at radius 1 is 1.13 bits per heavy atom. The average molecular weight is 310 g/mol. The van der Waals surface area contributed by atoms with Gasteiger partial charge < -0.3 is 9.30 Å². The number of aromatic nitrogens is 2. The molecule has 0 spiro atoms. The summed E-state index contributed by atoms with van der Waals surface area (Å²) in [6.45, 7) is 1.79. The molecule has 3 nitrogen and oxygen atoms in total. The average Bonchev–Trinajstić information content (AvgIpc) is 2.95. The summed E-state index contributed by atoms with van der Waals surface area (Å²) in [5.74, 6) is 0. The van der Waals surface area contributed by atoms with Crippen molar-refractivity contribution in [3.63, 3.8) is 0 Å². The van der Waals surface area contributed by atoms with Crippen LogP contribution < -0.4 is 4.90 Å². The lowest BCUT2D eigenvalue weighted by atomic mass is 10.1. The van der Waals surface area contributed by atoms with E-state index in [0.717, 1.165) is 23.3 Å². The van der Waals surface area contributed by atoms with E-state index in [1.807, 2.05) is 24.7 Å². The molecule has 0 aliphatic heterocycles. The van der Waals surface area contributed by atoms with Crippen LogP contribution in [0, 0.1) is 6.92 Å². The van der Waals surface area contributed by atoms with Crippen LogP contribution in [0.1, 0.15) is 17.5 Å². The van der Waals surface area contributed by atoms with E-state index in [0.29, 0.717) is 6.42 Å². The normalized spacial score (nSPS) is 11.1. The number of nitrogens with zero attached hydrogens (tertiary/aromatic N) is 3. The van der Waals surface area contributed by atoms with Gasteiger partial charge in [-0.1, -0.05) is 12.1 Å². The summed E-state index contributed by atoms with van der Waals surface area (Å²) in [5, 5.41) is 0. The smallest absolute Gasteiger partial charge is 0.137 e. The number of benzene rings is 1. The second-order valence-electron chi connectivity index (χ2n) is 6.11. The van der Waals surface area contributed by atoms with Crippen LogP contribution in [0.3, 0.4) is 0 Å². The fourth-order valence-electron chi connectivity index (χ4n) is 2.76. The summed E-state index contributed by atoms with van der Waals surface area (Å²) in [6, 6.07) is 10.4. The van der Waals surface area contributed by atoms with Crippen LogP contribution in [0.2, 0.25) is 0 Å². The quantitative estimate of drug-likeness (QED) is 0.701. The number of pyridine rings is 1. The zero-order valence-corrected chi connectivity index (χ0v) is 13.9. The Morgan fingerprint density at radius 2 is 1.87 bits per heavy atom. The standard InChI is InChI=1S/C19H22FN3/c1-14-11-19-21-18(13-23(19)12-16(14)5-4-10-20)15-6-8-17(9-7-15)22(2)3/h6-9,11-13H,4-5,10H2,1-3H3/i20-1. The van der Waals surface area contributed by atoms with E-state index in [1.54, 1.807) is 0 Å². The van der Waals surface area contributed by atoms with Gasteiger partial charge in [-0.05, 0) is 49.1 Å². The number of anilines is 1. The maximum atomic E-state index is 12.4. The van der Waals surface area contributed by atoms with Crippen LogP contribution in [0.15, 0.2) is 42.7 Å². The number of halogens is 1. The van der Waals surface area contributed by atoms with Crippen molar-refractivity contribution in [2.45, 2.75) is 19.8 Å². The molecule has 3 aromatic rings. The molecule has 2 heterocycles. The molecule has 0 aliphatic carbocycles. The van der Waals surface area contributed by atoms with Gasteiger partial charge in [0, 0.05) is 37.7 Å². The second kappa shape index (κ2) is 6.41. The summed E-state index contributed by atoms with van der Waals surface area (Å²) in [6.07, 6.45) is 5.45. The molecule has 4 heteroatoms. The third kappa shape index (κ3) is 3.21. The number of fused-ring (bicyclic) bond motifs is 1. The molecule has 0 saturated carbocycles. The maximum Gasteiger partial charge on any atom is 0.137 e. The highest BCUT2D eigenvalue weighted by atomic mass is 18.2. The Balaban J connectivity index is 1.96. The predicted octanol–water partition coefficient (Wildman–Crippen LogP) is 4.28. The van der Waals surface area contributed by atoms with Crippen molar-refractivity contribution < 1.29 is 4.39 Å². The molecule has 23 heavy (non-hydrogen) atoms. The van der Waals surface area contributed by atoms with Gasteiger partial charge in [-0.25, -0.2) is 4.98 Å². The topological polar surface area (TPSA) is 20.5 Å². The van der Waals surface area contributed by atoms with E-state index >= 15 is 0 Å². The van der Waals surface area contributed by atoms with E-state index in [-0.39, 0.29) is 6.67 Å². The van der Waals surface area contributed by atoms with Gasteiger partial charge in [0.15, 0.2) is 0 Å². The molecule has 1 aromatic carbocycles. The molecule has 120 valence electrons. The van der Waals surface area contributed by atoms with Gasteiger partial charge in [0.05, 0.1) is 12.4 Å². The number of hydrogen-bond donors (Lipinski definition) is 0. The van der Waals surface area contributed by atoms with Crippen molar-refractivity contribution >= 4 is 11.3 Å². The molecule has 0 radical (unpaired) electrons. The van der Waals surface area contributed by atoms with Crippen molar-refractivity contribution in [2.75, 3.05) is 25.7 Å². The molecule has 0 atom stereocenters. The third-order valence-electron chi connectivity index (χ3n) is 4.17. The molecule has 0 saturated heterocycles. The first-order valence-electron chi connectivity index (χ1n) is 7.90. The minimum absolute atomic E-state index is 0.273. The van der Waals surface area contributed by atoms with Crippen LogP contribution in [0.5, 0.6) is 0 Å². The molecule has 0 unspecified atom stereocenters. The third-order valence-corrected chi connectivity index (χ3v) is 4.17. The van der Waals surface area contributed by atoms with Gasteiger partial charge in [-0.3, -0.25) is 4.39 Å². The summed E-state index contributed by atoms with van der Waals surface area (Å²) in [7, 11) is 4.06. The predicted molar refractivity (Wildman–Crippen MR) is 94.0 cm³/mol. The lowest BCUT2D eigenvalue weighted by Crippen LogP contribution is -2.07. The Labute approximate surface area is 136 Å². The largest absolute Gasteiger partial charge is 0.378 e. The number of hydrogen-bond acceptors (Lipinski definition) is 2. The first-order chi connectivity index (χ1) is 11.1. The summed E-state index contributed by atoms with van der Waals surface area (Å²) < 4.78 is 14.5. The minimum atomic E-state index is -0.273. The molecule has 0 bridgehead atoms. The number of alkyl halides is 1. The van der Waals surface area contributed by atoms with Crippen molar-refractivity contribution in [2.24, 2.45) is 0 Å². The number of rotatable bonds is 5. The van der Waals surface area contributed by atoms with E-state index in [9.17, 15) is 4.39 Å². The first-order valence-corrected chi connectivity index (χ1v) is 7.90. The first kappa shape index (κ1) is 15.5. The molecule has 0 amide bonds. The van der Waals surface area contributed by atoms with E-state index in [1.165, 1.54) is 16.8 Å². The highest BCUT2D eigenvalue weighted by Gasteiger charge is 2.08. The highest BCUT2D eigenvalue weighted by molar-refractivity contribution is 5.65. The monoisotopic (exact) mass is 310 g/mol. The fourth-order valence-corrected chi connectivity index (χ4v) is 2.76. The van der Waals surface area contributed by atoms with Crippen molar-refractivity contribution in [3.8, 4) is 11.3 Å². The van der Waals surface area contributed by atoms with Gasteiger partial charge in [-0.15, -0.1) is 0 Å². The Hall–Kier alpha value is -2.36. The van der Waals surface area contributed by atoms with Gasteiger partial charge in [0.25, 0.3) is 0 Å². The summed E-state index contributed by atoms with van der Waals surface area (Å²) >= 11 is 0. The van der Waals surface area contributed by atoms with Gasteiger partial charge in [-0.2, -0.15) is 0 Å². The van der Waals surface area contributed by atoms with Crippen molar-refractivity contribution in [3.05, 3.63) is 53.9 Å². The van der Waals surface area contributed by atoms with Crippen LogP contribution in [0.25, 0.3) is 16.9 Å². The SMILES string of the molecule is Cc1cc2nc(-c3ccc(N(C)C)cc3)cn2cc1CCC[18F]. The summed E-state index contributed by atoms with van der Waals surface area (Å²) in [5.41, 5.74) is 6.51. The molecule has 3 rings (SSSR count). The van der Waals surface area contributed by atoms with Gasteiger partial charge in [0.1, 0.15) is 5.65 Å².